The van der Waals surface area contributed by atoms with Crippen LogP contribution in [0.2, 0.25) is 5.02 Å². The molecule has 0 saturated heterocycles. The lowest BCUT2D eigenvalue weighted by atomic mass is 10.2. The SMILES string of the molecule is COc1ccc(S(=O)(=O)Nc2ccc(C(=O)N(CCCN(C)C)c3nc4c(OC)ccc(Cl)c4s3)cc2)cc1.Cl. The number of ether oxygens (including phenoxy) is 2. The maximum Gasteiger partial charge on any atom is 0.261 e. The van der Waals surface area contributed by atoms with Gasteiger partial charge in [-0.25, -0.2) is 13.4 Å². The zero-order valence-corrected chi connectivity index (χ0v) is 25.6. The molecular weight excluding hydrogens is 595 g/mol. The molecule has 214 valence electrons. The van der Waals surface area contributed by atoms with Crippen LogP contribution in [0.5, 0.6) is 11.5 Å². The molecule has 1 N–H and O–H groups in total. The average molecular weight is 626 g/mol. The van der Waals surface area contributed by atoms with Gasteiger partial charge in [0.1, 0.15) is 17.0 Å². The van der Waals surface area contributed by atoms with Crippen molar-refractivity contribution in [2.45, 2.75) is 11.3 Å². The number of anilines is 2. The van der Waals surface area contributed by atoms with Crippen LogP contribution in [0.1, 0.15) is 16.8 Å². The van der Waals surface area contributed by atoms with Gasteiger partial charge < -0.3 is 14.4 Å². The fourth-order valence-corrected chi connectivity index (χ4v) is 6.20. The molecule has 0 unspecified atom stereocenters. The molecule has 4 rings (SSSR count). The Morgan fingerprint density at radius 3 is 2.25 bits per heavy atom. The van der Waals surface area contributed by atoms with E-state index in [0.29, 0.717) is 45.0 Å². The average Bonchev–Trinajstić information content (AvgIpc) is 3.37. The third-order valence-corrected chi connectivity index (χ3v) is 8.82. The van der Waals surface area contributed by atoms with Gasteiger partial charge in [-0.1, -0.05) is 22.9 Å². The van der Waals surface area contributed by atoms with E-state index in [-0.39, 0.29) is 23.2 Å². The highest BCUT2D eigenvalue weighted by molar-refractivity contribution is 7.92. The minimum atomic E-state index is -3.81. The summed E-state index contributed by atoms with van der Waals surface area (Å²) < 4.78 is 39.4. The molecule has 13 heteroatoms. The highest BCUT2D eigenvalue weighted by atomic mass is 35.5. The lowest BCUT2D eigenvalue weighted by molar-refractivity contribution is 0.0986. The third kappa shape index (κ3) is 7.15. The summed E-state index contributed by atoms with van der Waals surface area (Å²) in [6.07, 6.45) is 0.722. The van der Waals surface area contributed by atoms with Gasteiger partial charge in [-0.2, -0.15) is 0 Å². The Balaban J connectivity index is 0.00000441. The number of thiazole rings is 1. The van der Waals surface area contributed by atoms with Crippen molar-refractivity contribution < 1.29 is 22.7 Å². The Morgan fingerprint density at radius 2 is 1.65 bits per heavy atom. The van der Waals surface area contributed by atoms with Crippen LogP contribution in [0.4, 0.5) is 10.8 Å². The number of carbonyl (C=O) groups is 1. The lowest BCUT2D eigenvalue weighted by Crippen LogP contribution is -2.33. The number of methoxy groups -OCH3 is 2. The smallest absolute Gasteiger partial charge is 0.261 e. The second-order valence-corrected chi connectivity index (χ2v) is 12.0. The molecule has 0 aliphatic rings. The minimum absolute atomic E-state index is 0. The summed E-state index contributed by atoms with van der Waals surface area (Å²) in [6.45, 7) is 1.22. The predicted octanol–water partition coefficient (Wildman–Crippen LogP) is 5.79. The molecule has 0 bridgehead atoms. The van der Waals surface area contributed by atoms with Crippen molar-refractivity contribution in [1.29, 1.82) is 0 Å². The van der Waals surface area contributed by atoms with Crippen molar-refractivity contribution in [3.63, 3.8) is 0 Å². The van der Waals surface area contributed by atoms with Crippen molar-refractivity contribution in [1.82, 2.24) is 9.88 Å². The van der Waals surface area contributed by atoms with Gasteiger partial charge in [0.05, 0.1) is 28.8 Å². The maximum absolute atomic E-state index is 13.7. The van der Waals surface area contributed by atoms with Crippen LogP contribution in [-0.4, -0.2) is 65.6 Å². The molecule has 1 aromatic heterocycles. The molecule has 1 amide bonds. The maximum atomic E-state index is 13.7. The van der Waals surface area contributed by atoms with E-state index in [2.05, 4.69) is 4.72 Å². The normalized spacial score (nSPS) is 11.2. The van der Waals surface area contributed by atoms with Crippen LogP contribution in [0.3, 0.4) is 0 Å². The number of hydrogen-bond acceptors (Lipinski definition) is 8. The highest BCUT2D eigenvalue weighted by Crippen LogP contribution is 2.39. The van der Waals surface area contributed by atoms with Gasteiger partial charge in [0.25, 0.3) is 15.9 Å². The summed E-state index contributed by atoms with van der Waals surface area (Å²) in [7, 11) is 3.20. The van der Waals surface area contributed by atoms with Gasteiger partial charge in [0.2, 0.25) is 0 Å². The van der Waals surface area contributed by atoms with Crippen LogP contribution in [-0.2, 0) is 10.0 Å². The van der Waals surface area contributed by atoms with Crippen molar-refractivity contribution in [2.75, 3.05) is 51.0 Å². The third-order valence-electron chi connectivity index (χ3n) is 5.88. The Labute approximate surface area is 249 Å². The highest BCUT2D eigenvalue weighted by Gasteiger charge is 2.23. The number of sulfonamides is 1. The molecule has 0 spiro atoms. The first-order valence-corrected chi connectivity index (χ1v) is 14.7. The number of benzene rings is 3. The quantitative estimate of drug-likeness (QED) is 0.225. The fraction of sp³-hybridized carbons (Fsp3) is 0.259. The van der Waals surface area contributed by atoms with Gasteiger partial charge in [-0.05, 0) is 87.7 Å². The van der Waals surface area contributed by atoms with Crippen molar-refractivity contribution in [3.8, 4) is 11.5 Å². The van der Waals surface area contributed by atoms with Gasteiger partial charge >= 0.3 is 0 Å². The van der Waals surface area contributed by atoms with Crippen LogP contribution >= 0.6 is 35.3 Å². The largest absolute Gasteiger partial charge is 0.497 e. The summed E-state index contributed by atoms with van der Waals surface area (Å²) in [4.78, 5) is 22.2. The first kappa shape index (κ1) is 31.4. The van der Waals surface area contributed by atoms with Crippen molar-refractivity contribution in [2.24, 2.45) is 0 Å². The van der Waals surface area contributed by atoms with E-state index >= 15 is 0 Å². The Morgan fingerprint density at radius 1 is 0.975 bits per heavy atom. The van der Waals surface area contributed by atoms with Crippen molar-refractivity contribution >= 4 is 72.3 Å². The number of fused-ring (bicyclic) bond motifs is 1. The van der Waals surface area contributed by atoms with Gasteiger partial charge in [-0.15, -0.1) is 12.4 Å². The van der Waals surface area contributed by atoms with E-state index in [1.807, 2.05) is 19.0 Å². The molecule has 1 heterocycles. The Bertz CT molecular complexity index is 1560. The summed E-state index contributed by atoms with van der Waals surface area (Å²) in [5.74, 6) is 0.874. The molecule has 0 radical (unpaired) electrons. The first-order chi connectivity index (χ1) is 18.6. The number of halogens is 2. The molecule has 0 aliphatic carbocycles. The van der Waals surface area contributed by atoms with Gasteiger partial charge in [0.15, 0.2) is 5.13 Å². The number of amides is 1. The molecule has 3 aromatic carbocycles. The predicted molar refractivity (Wildman–Crippen MR) is 164 cm³/mol. The van der Waals surface area contributed by atoms with E-state index in [0.717, 1.165) is 17.7 Å². The standard InChI is InChI=1S/C27H29ClN4O5S2.ClH/c1-31(2)16-5-17-32(27-29-24-23(37-4)15-14-22(28)25(24)38-27)26(33)18-6-8-19(9-7-18)30-39(34,35)21-12-10-20(36-3)11-13-21;/h6-15,30H,5,16-17H2,1-4H3;1H. The topological polar surface area (TPSA) is 101 Å². The molecule has 0 saturated carbocycles. The fourth-order valence-electron chi connectivity index (χ4n) is 3.86. The lowest BCUT2D eigenvalue weighted by Gasteiger charge is -2.21. The van der Waals surface area contributed by atoms with Gasteiger partial charge in [-0.3, -0.25) is 14.4 Å². The molecule has 0 aliphatic heterocycles. The summed E-state index contributed by atoms with van der Waals surface area (Å²) >= 11 is 7.74. The molecular formula is C27H30Cl2N4O5S2. The van der Waals surface area contributed by atoms with Gasteiger partial charge in [0, 0.05) is 17.8 Å². The zero-order chi connectivity index (χ0) is 28.2. The number of hydrogen-bond donors (Lipinski definition) is 1. The van der Waals surface area contributed by atoms with E-state index in [4.69, 9.17) is 26.1 Å². The second-order valence-electron chi connectivity index (χ2n) is 8.90. The summed E-state index contributed by atoms with van der Waals surface area (Å²) in [5.41, 5.74) is 1.32. The van der Waals surface area contributed by atoms with Crippen molar-refractivity contribution in [3.05, 3.63) is 71.2 Å². The number of nitrogens with zero attached hydrogens (tertiary/aromatic N) is 3. The summed E-state index contributed by atoms with van der Waals surface area (Å²) in [5, 5.41) is 1.04. The zero-order valence-electron chi connectivity index (χ0n) is 22.4. The van der Waals surface area contributed by atoms with E-state index in [1.165, 1.54) is 30.6 Å². The van der Waals surface area contributed by atoms with E-state index in [1.54, 1.807) is 60.5 Å². The molecule has 40 heavy (non-hydrogen) atoms. The minimum Gasteiger partial charge on any atom is -0.497 e. The number of carbonyl (C=O) groups excluding carboxylic acids is 1. The monoisotopic (exact) mass is 624 g/mol. The van der Waals surface area contributed by atoms with Crippen LogP contribution in [0, 0.1) is 0 Å². The number of nitrogens with one attached hydrogen (secondary N) is 1. The van der Waals surface area contributed by atoms with Crippen LogP contribution < -0.4 is 19.1 Å². The number of aromatic nitrogens is 1. The Kier molecular flexibility index (Phi) is 10.6. The number of rotatable bonds is 11. The second kappa shape index (κ2) is 13.5. The van der Waals surface area contributed by atoms with E-state index in [9.17, 15) is 13.2 Å². The first-order valence-electron chi connectivity index (χ1n) is 12.0. The Hall–Kier alpha value is -3.09. The van der Waals surface area contributed by atoms with Crippen LogP contribution in [0.15, 0.2) is 65.6 Å². The molecule has 0 atom stereocenters. The molecule has 9 nitrogen and oxygen atoms in total. The molecule has 4 aromatic rings. The van der Waals surface area contributed by atoms with E-state index < -0.39 is 10.0 Å². The van der Waals surface area contributed by atoms with Crippen LogP contribution in [0.25, 0.3) is 10.2 Å². The molecule has 0 fully saturated rings. The summed E-state index contributed by atoms with van der Waals surface area (Å²) in [6, 6.07) is 15.9.